The first-order valence-electron chi connectivity index (χ1n) is 9.74. The number of halogens is 4. The summed E-state index contributed by atoms with van der Waals surface area (Å²) in [6, 6.07) is 6.51. The molecule has 33 heavy (non-hydrogen) atoms. The number of alkyl halides is 2. The molecule has 0 aliphatic rings. The molecule has 3 aromatic rings. The van der Waals surface area contributed by atoms with Crippen molar-refractivity contribution in [1.82, 2.24) is 20.4 Å². The number of nitrogens with zero attached hydrogens (tertiary/aromatic N) is 3. The largest absolute Gasteiger partial charge is 0.394 e. The molecule has 4 N–H and O–H groups in total. The van der Waals surface area contributed by atoms with Gasteiger partial charge in [-0.25, -0.2) is 27.5 Å². The van der Waals surface area contributed by atoms with Crippen LogP contribution in [0.4, 0.5) is 23.4 Å². The second-order valence-electron chi connectivity index (χ2n) is 6.84. The lowest BCUT2D eigenvalue weighted by molar-refractivity contribution is 0.118. The van der Waals surface area contributed by atoms with Crippen LogP contribution in [0.1, 0.15) is 23.5 Å². The molecule has 0 saturated carbocycles. The van der Waals surface area contributed by atoms with Crippen molar-refractivity contribution >= 4 is 17.2 Å². The molecule has 174 valence electrons. The number of aliphatic hydroxyl groups is 1. The highest BCUT2D eigenvalue weighted by atomic mass is 19.3. The van der Waals surface area contributed by atoms with E-state index in [4.69, 9.17) is 9.93 Å². The van der Waals surface area contributed by atoms with Crippen molar-refractivity contribution < 1.29 is 27.2 Å². The van der Waals surface area contributed by atoms with Crippen LogP contribution in [0, 0.1) is 17.0 Å². The third-order valence-corrected chi connectivity index (χ3v) is 4.44. The molecule has 3 rings (SSSR count). The summed E-state index contributed by atoms with van der Waals surface area (Å²) in [6.45, 7) is -0.599. The zero-order chi connectivity index (χ0) is 23.8. The molecule has 1 aromatic carbocycles. The molecule has 0 saturated heterocycles. The smallest absolute Gasteiger partial charge is 0.240 e. The quantitative estimate of drug-likeness (QED) is 0.254. The van der Waals surface area contributed by atoms with E-state index in [0.29, 0.717) is 11.3 Å². The van der Waals surface area contributed by atoms with E-state index in [9.17, 15) is 22.7 Å². The maximum Gasteiger partial charge on any atom is 0.240 e. The summed E-state index contributed by atoms with van der Waals surface area (Å²) in [5.74, 6) is -2.00. The van der Waals surface area contributed by atoms with Gasteiger partial charge in [0.2, 0.25) is 6.43 Å². The van der Waals surface area contributed by atoms with Gasteiger partial charge in [-0.05, 0) is 12.1 Å². The molecular weight excluding hydrogens is 444 g/mol. The maximum atomic E-state index is 14.1. The van der Waals surface area contributed by atoms with E-state index in [2.05, 4.69) is 25.8 Å². The zero-order valence-electron chi connectivity index (χ0n) is 17.1. The van der Waals surface area contributed by atoms with Gasteiger partial charge >= 0.3 is 0 Å². The molecule has 2 aromatic heterocycles. The molecule has 12 heteroatoms. The SMILES string of the molecule is N=C(/C=C(\NCc1ccccc1F)c1ccon1)c1ncc(F)c(NC(CO)CC(F)F)n1. The van der Waals surface area contributed by atoms with Gasteiger partial charge in [-0.3, -0.25) is 5.41 Å². The van der Waals surface area contributed by atoms with E-state index in [-0.39, 0.29) is 23.8 Å². The van der Waals surface area contributed by atoms with Gasteiger partial charge in [0, 0.05) is 24.6 Å². The van der Waals surface area contributed by atoms with Crippen molar-refractivity contribution in [3.8, 4) is 0 Å². The van der Waals surface area contributed by atoms with Crippen LogP contribution in [-0.2, 0) is 6.54 Å². The fourth-order valence-corrected chi connectivity index (χ4v) is 2.79. The first-order valence-corrected chi connectivity index (χ1v) is 9.74. The highest BCUT2D eigenvalue weighted by Gasteiger charge is 2.18. The minimum atomic E-state index is -2.72. The van der Waals surface area contributed by atoms with E-state index >= 15 is 0 Å². The Balaban J connectivity index is 1.83. The van der Waals surface area contributed by atoms with Crippen molar-refractivity contribution in [2.75, 3.05) is 11.9 Å². The Bertz CT molecular complexity index is 1110. The summed E-state index contributed by atoms with van der Waals surface area (Å²) in [4.78, 5) is 7.64. The normalized spacial score (nSPS) is 12.6. The van der Waals surface area contributed by atoms with Crippen LogP contribution in [0.25, 0.3) is 5.70 Å². The molecule has 0 radical (unpaired) electrons. The Kier molecular flexibility index (Phi) is 8.08. The topological polar surface area (TPSA) is 120 Å². The Morgan fingerprint density at radius 3 is 2.64 bits per heavy atom. The predicted octanol–water partition coefficient (Wildman–Crippen LogP) is 3.37. The fraction of sp³-hybridized carbons (Fsp3) is 0.238. The number of allylic oxidation sites excluding steroid dienone is 1. The van der Waals surface area contributed by atoms with Gasteiger partial charge in [-0.1, -0.05) is 23.4 Å². The second-order valence-corrected chi connectivity index (χ2v) is 6.84. The lowest BCUT2D eigenvalue weighted by Crippen LogP contribution is -2.28. The van der Waals surface area contributed by atoms with Crippen LogP contribution in [0.3, 0.4) is 0 Å². The first-order chi connectivity index (χ1) is 15.9. The average Bonchev–Trinajstić information content (AvgIpc) is 3.33. The molecule has 0 amide bonds. The molecule has 2 heterocycles. The van der Waals surface area contributed by atoms with Crippen molar-refractivity contribution in [3.63, 3.8) is 0 Å². The van der Waals surface area contributed by atoms with Crippen molar-refractivity contribution in [3.05, 3.63) is 77.6 Å². The summed E-state index contributed by atoms with van der Waals surface area (Å²) in [6.07, 6.45) is -0.0505. The van der Waals surface area contributed by atoms with Gasteiger partial charge in [-0.2, -0.15) is 0 Å². The van der Waals surface area contributed by atoms with E-state index in [1.165, 1.54) is 24.5 Å². The second kappa shape index (κ2) is 11.2. The van der Waals surface area contributed by atoms with Crippen LogP contribution in [0.15, 0.2) is 53.4 Å². The summed E-state index contributed by atoms with van der Waals surface area (Å²) < 4.78 is 58.1. The number of anilines is 1. The number of benzene rings is 1. The summed E-state index contributed by atoms with van der Waals surface area (Å²) in [5, 5.41) is 26.7. The van der Waals surface area contributed by atoms with Crippen LogP contribution in [0.5, 0.6) is 0 Å². The lowest BCUT2D eigenvalue weighted by Gasteiger charge is -2.17. The minimum absolute atomic E-state index is 0.0710. The van der Waals surface area contributed by atoms with E-state index in [0.717, 1.165) is 6.20 Å². The van der Waals surface area contributed by atoms with E-state index in [1.54, 1.807) is 18.2 Å². The van der Waals surface area contributed by atoms with E-state index in [1.807, 2.05) is 0 Å². The zero-order valence-corrected chi connectivity index (χ0v) is 17.1. The van der Waals surface area contributed by atoms with Gasteiger partial charge in [0.25, 0.3) is 0 Å². The van der Waals surface area contributed by atoms with Gasteiger partial charge in [-0.15, -0.1) is 0 Å². The van der Waals surface area contributed by atoms with Crippen LogP contribution < -0.4 is 10.6 Å². The molecule has 0 aliphatic carbocycles. The average molecular weight is 464 g/mol. The van der Waals surface area contributed by atoms with Crippen LogP contribution in [-0.4, -0.2) is 45.0 Å². The maximum absolute atomic E-state index is 14.1. The van der Waals surface area contributed by atoms with Gasteiger partial charge in [0.05, 0.1) is 24.5 Å². The fourth-order valence-electron chi connectivity index (χ4n) is 2.79. The highest BCUT2D eigenvalue weighted by Crippen LogP contribution is 2.17. The highest BCUT2D eigenvalue weighted by molar-refractivity contribution is 6.07. The first kappa shape index (κ1) is 23.9. The molecule has 0 bridgehead atoms. The standard InChI is InChI=1S/C21H20F4N6O2/c22-14-4-2-1-3-12(14)9-27-18(17-5-6-33-31-17)8-16(26)21-28-10-15(23)20(30-21)29-13(11-32)7-19(24)25/h1-6,8,10,13,19,26-27,32H,7,9,11H2,(H,28,29,30)/b18-8-,26-16?. The van der Waals surface area contributed by atoms with Gasteiger partial charge in [0.1, 0.15) is 23.5 Å². The van der Waals surface area contributed by atoms with E-state index < -0.39 is 42.9 Å². The Labute approximate surface area is 185 Å². The Morgan fingerprint density at radius 1 is 1.18 bits per heavy atom. The molecule has 1 unspecified atom stereocenters. The minimum Gasteiger partial charge on any atom is -0.394 e. The summed E-state index contributed by atoms with van der Waals surface area (Å²) in [5.41, 5.74) is 0.697. The molecule has 0 aliphatic heterocycles. The monoisotopic (exact) mass is 464 g/mol. The summed E-state index contributed by atoms with van der Waals surface area (Å²) >= 11 is 0. The van der Waals surface area contributed by atoms with Gasteiger partial charge in [0.15, 0.2) is 17.5 Å². The predicted molar refractivity (Wildman–Crippen MR) is 112 cm³/mol. The lowest BCUT2D eigenvalue weighted by atomic mass is 10.2. The Hall–Kier alpha value is -3.80. The number of rotatable bonds is 11. The number of aromatic nitrogens is 3. The number of aliphatic hydroxyl groups excluding tert-OH is 1. The third kappa shape index (κ3) is 6.59. The van der Waals surface area contributed by atoms with Gasteiger partial charge < -0.3 is 20.3 Å². The molecular formula is C21H20F4N6O2. The molecule has 0 spiro atoms. The third-order valence-electron chi connectivity index (χ3n) is 4.44. The summed E-state index contributed by atoms with van der Waals surface area (Å²) in [7, 11) is 0. The Morgan fingerprint density at radius 2 is 1.97 bits per heavy atom. The van der Waals surface area contributed by atoms with Crippen LogP contribution >= 0.6 is 0 Å². The molecule has 1 atom stereocenters. The van der Waals surface area contributed by atoms with Crippen molar-refractivity contribution in [2.24, 2.45) is 0 Å². The van der Waals surface area contributed by atoms with Crippen molar-refractivity contribution in [1.29, 1.82) is 5.41 Å². The number of hydrogen-bond acceptors (Lipinski definition) is 8. The molecule has 0 fully saturated rings. The van der Waals surface area contributed by atoms with Crippen LogP contribution in [0.2, 0.25) is 0 Å². The van der Waals surface area contributed by atoms with Crippen molar-refractivity contribution in [2.45, 2.75) is 25.4 Å². The number of hydrogen-bond donors (Lipinski definition) is 4. The number of nitrogens with one attached hydrogen (secondary N) is 3. The molecule has 8 nitrogen and oxygen atoms in total.